The summed E-state index contributed by atoms with van der Waals surface area (Å²) in [4.78, 5) is 2.16. The SMILES string of the molecule is CC[C@H](O)c1ccc(N(C)c2ccccc2C)cc1. The molecule has 2 rings (SSSR count). The molecular weight excluding hydrogens is 234 g/mol. The second-order valence-electron chi connectivity index (χ2n) is 4.86. The van der Waals surface area contributed by atoms with Crippen LogP contribution in [0.5, 0.6) is 0 Å². The van der Waals surface area contributed by atoms with Crippen molar-refractivity contribution in [3.63, 3.8) is 0 Å². The summed E-state index contributed by atoms with van der Waals surface area (Å²) < 4.78 is 0. The molecule has 100 valence electrons. The Hall–Kier alpha value is -1.80. The molecule has 0 fully saturated rings. The average molecular weight is 255 g/mol. The Morgan fingerprint density at radius 3 is 2.26 bits per heavy atom. The maximum absolute atomic E-state index is 9.81. The summed E-state index contributed by atoms with van der Waals surface area (Å²) in [5, 5.41) is 9.81. The van der Waals surface area contributed by atoms with Crippen molar-refractivity contribution in [3.8, 4) is 0 Å². The summed E-state index contributed by atoms with van der Waals surface area (Å²) >= 11 is 0. The highest BCUT2D eigenvalue weighted by atomic mass is 16.3. The van der Waals surface area contributed by atoms with E-state index in [0.717, 1.165) is 17.7 Å². The van der Waals surface area contributed by atoms with Crippen molar-refractivity contribution in [3.05, 3.63) is 59.7 Å². The Labute approximate surface area is 115 Å². The molecule has 1 atom stereocenters. The van der Waals surface area contributed by atoms with Crippen molar-refractivity contribution in [2.24, 2.45) is 0 Å². The maximum atomic E-state index is 9.81. The van der Waals surface area contributed by atoms with Gasteiger partial charge in [-0.1, -0.05) is 37.3 Å². The van der Waals surface area contributed by atoms with E-state index < -0.39 is 0 Å². The molecule has 19 heavy (non-hydrogen) atoms. The van der Waals surface area contributed by atoms with Gasteiger partial charge >= 0.3 is 0 Å². The molecule has 0 spiro atoms. The number of aryl methyl sites for hydroxylation is 1. The Morgan fingerprint density at radius 2 is 1.68 bits per heavy atom. The van der Waals surface area contributed by atoms with Crippen LogP contribution in [0.25, 0.3) is 0 Å². The minimum atomic E-state index is -0.363. The molecule has 0 aliphatic carbocycles. The van der Waals surface area contributed by atoms with Crippen LogP contribution < -0.4 is 4.90 Å². The third-order valence-corrected chi connectivity index (χ3v) is 3.53. The van der Waals surface area contributed by atoms with Gasteiger partial charge in [0, 0.05) is 18.4 Å². The highest BCUT2D eigenvalue weighted by molar-refractivity contribution is 5.65. The van der Waals surface area contributed by atoms with Crippen molar-refractivity contribution in [1.82, 2.24) is 0 Å². The number of rotatable bonds is 4. The van der Waals surface area contributed by atoms with E-state index in [4.69, 9.17) is 0 Å². The average Bonchev–Trinajstić information content (AvgIpc) is 2.46. The molecular formula is C17H21NO. The molecule has 0 radical (unpaired) electrons. The predicted octanol–water partition coefficient (Wildman–Crippen LogP) is 4.21. The summed E-state index contributed by atoms with van der Waals surface area (Å²) in [6, 6.07) is 16.4. The second kappa shape index (κ2) is 5.89. The number of hydrogen-bond acceptors (Lipinski definition) is 2. The first-order valence-corrected chi connectivity index (χ1v) is 6.71. The van der Waals surface area contributed by atoms with Gasteiger partial charge in [0.25, 0.3) is 0 Å². The standard InChI is InChI=1S/C17H21NO/c1-4-17(19)14-9-11-15(12-10-14)18(3)16-8-6-5-7-13(16)2/h5-12,17,19H,4H2,1-3H3/t17-/m0/s1. The zero-order chi connectivity index (χ0) is 13.8. The molecule has 0 bridgehead atoms. The third kappa shape index (κ3) is 2.96. The van der Waals surface area contributed by atoms with Gasteiger partial charge in [-0.2, -0.15) is 0 Å². The van der Waals surface area contributed by atoms with Crippen LogP contribution in [0.2, 0.25) is 0 Å². The number of hydrogen-bond donors (Lipinski definition) is 1. The van der Waals surface area contributed by atoms with E-state index in [1.807, 2.05) is 31.2 Å². The normalized spacial score (nSPS) is 12.2. The summed E-state index contributed by atoms with van der Waals surface area (Å²) in [6.45, 7) is 4.10. The number of aliphatic hydroxyl groups is 1. The fourth-order valence-electron chi connectivity index (χ4n) is 2.23. The van der Waals surface area contributed by atoms with Crippen LogP contribution in [0.3, 0.4) is 0 Å². The van der Waals surface area contributed by atoms with Gasteiger partial charge in [-0.25, -0.2) is 0 Å². The van der Waals surface area contributed by atoms with Crippen LogP contribution in [0, 0.1) is 6.92 Å². The van der Waals surface area contributed by atoms with Gasteiger partial charge in [0.15, 0.2) is 0 Å². The molecule has 0 aliphatic heterocycles. The van der Waals surface area contributed by atoms with Crippen molar-refractivity contribution in [1.29, 1.82) is 0 Å². The lowest BCUT2D eigenvalue weighted by molar-refractivity contribution is 0.173. The second-order valence-corrected chi connectivity index (χ2v) is 4.86. The van der Waals surface area contributed by atoms with Crippen molar-refractivity contribution in [2.75, 3.05) is 11.9 Å². The molecule has 0 unspecified atom stereocenters. The smallest absolute Gasteiger partial charge is 0.0787 e. The number of nitrogens with zero attached hydrogens (tertiary/aromatic N) is 1. The monoisotopic (exact) mass is 255 g/mol. The molecule has 0 saturated heterocycles. The summed E-state index contributed by atoms with van der Waals surface area (Å²) in [7, 11) is 2.06. The van der Waals surface area contributed by atoms with Gasteiger partial charge in [0.1, 0.15) is 0 Å². The minimum Gasteiger partial charge on any atom is -0.388 e. The molecule has 0 heterocycles. The van der Waals surface area contributed by atoms with Gasteiger partial charge in [0.05, 0.1) is 6.10 Å². The summed E-state index contributed by atoms with van der Waals surface area (Å²) in [5.41, 5.74) is 4.56. The fraction of sp³-hybridized carbons (Fsp3) is 0.294. The van der Waals surface area contributed by atoms with Gasteiger partial charge in [-0.05, 0) is 42.7 Å². The molecule has 0 aromatic heterocycles. The highest BCUT2D eigenvalue weighted by Crippen LogP contribution is 2.27. The molecule has 2 nitrogen and oxygen atoms in total. The summed E-state index contributed by atoms with van der Waals surface area (Å²) in [6.07, 6.45) is 0.380. The zero-order valence-corrected chi connectivity index (χ0v) is 11.8. The Kier molecular flexibility index (Phi) is 4.23. The molecule has 0 amide bonds. The van der Waals surface area contributed by atoms with E-state index in [1.54, 1.807) is 0 Å². The number of anilines is 2. The lowest BCUT2D eigenvalue weighted by Gasteiger charge is -2.22. The number of aliphatic hydroxyl groups excluding tert-OH is 1. The van der Waals surface area contributed by atoms with E-state index in [9.17, 15) is 5.11 Å². The zero-order valence-electron chi connectivity index (χ0n) is 11.8. The van der Waals surface area contributed by atoms with Crippen molar-refractivity contribution < 1.29 is 5.11 Å². The molecule has 2 heteroatoms. The molecule has 1 N–H and O–H groups in total. The Balaban J connectivity index is 2.25. The first-order valence-electron chi connectivity index (χ1n) is 6.71. The van der Waals surface area contributed by atoms with E-state index in [1.165, 1.54) is 11.3 Å². The quantitative estimate of drug-likeness (QED) is 0.884. The van der Waals surface area contributed by atoms with Crippen molar-refractivity contribution in [2.45, 2.75) is 26.4 Å². The number of benzene rings is 2. The number of para-hydroxylation sites is 1. The van der Waals surface area contributed by atoms with E-state index >= 15 is 0 Å². The van der Waals surface area contributed by atoms with Gasteiger partial charge in [0.2, 0.25) is 0 Å². The molecule has 2 aromatic rings. The van der Waals surface area contributed by atoms with Crippen LogP contribution in [-0.2, 0) is 0 Å². The third-order valence-electron chi connectivity index (χ3n) is 3.53. The summed E-state index contributed by atoms with van der Waals surface area (Å²) in [5.74, 6) is 0. The molecule has 0 aliphatic rings. The maximum Gasteiger partial charge on any atom is 0.0787 e. The van der Waals surface area contributed by atoms with Crippen LogP contribution >= 0.6 is 0 Å². The predicted molar refractivity (Wildman–Crippen MR) is 80.9 cm³/mol. The van der Waals surface area contributed by atoms with E-state index in [2.05, 4.69) is 43.1 Å². The Morgan fingerprint density at radius 1 is 1.05 bits per heavy atom. The highest BCUT2D eigenvalue weighted by Gasteiger charge is 2.08. The minimum absolute atomic E-state index is 0.363. The lowest BCUT2D eigenvalue weighted by atomic mass is 10.1. The fourth-order valence-corrected chi connectivity index (χ4v) is 2.23. The van der Waals surface area contributed by atoms with Crippen LogP contribution in [0.1, 0.15) is 30.6 Å². The van der Waals surface area contributed by atoms with Gasteiger partial charge < -0.3 is 10.0 Å². The largest absolute Gasteiger partial charge is 0.388 e. The molecule has 2 aromatic carbocycles. The van der Waals surface area contributed by atoms with Crippen LogP contribution in [-0.4, -0.2) is 12.2 Å². The van der Waals surface area contributed by atoms with Gasteiger partial charge in [-0.15, -0.1) is 0 Å². The Bertz CT molecular complexity index is 533. The topological polar surface area (TPSA) is 23.5 Å². The van der Waals surface area contributed by atoms with Crippen molar-refractivity contribution >= 4 is 11.4 Å². The molecule has 0 saturated carbocycles. The first kappa shape index (κ1) is 13.6. The lowest BCUT2D eigenvalue weighted by Crippen LogP contribution is -2.10. The van der Waals surface area contributed by atoms with Crippen LogP contribution in [0.15, 0.2) is 48.5 Å². The van der Waals surface area contributed by atoms with Crippen LogP contribution in [0.4, 0.5) is 11.4 Å². The first-order chi connectivity index (χ1) is 9.13. The van der Waals surface area contributed by atoms with Gasteiger partial charge in [-0.3, -0.25) is 0 Å². The van der Waals surface area contributed by atoms with E-state index in [-0.39, 0.29) is 6.10 Å². The van der Waals surface area contributed by atoms with E-state index in [0.29, 0.717) is 0 Å².